The molecule has 0 N–H and O–H groups in total. The maximum absolute atomic E-state index is 13.3. The molecule has 1 heterocycles. The van der Waals surface area contributed by atoms with E-state index in [0.29, 0.717) is 5.56 Å². The van der Waals surface area contributed by atoms with E-state index in [1.165, 1.54) is 13.8 Å². The van der Waals surface area contributed by atoms with Gasteiger partial charge in [0.15, 0.2) is 0 Å². The van der Waals surface area contributed by atoms with E-state index in [0.717, 1.165) is 18.2 Å². The Morgan fingerprint density at radius 1 is 1.05 bits per heavy atom. The van der Waals surface area contributed by atoms with Gasteiger partial charge in [0.1, 0.15) is 19.1 Å². The molecule has 12 nitrogen and oxygen atoms in total. The molecule has 0 amide bonds. The van der Waals surface area contributed by atoms with Crippen LogP contribution in [0.1, 0.15) is 37.3 Å². The Hall–Kier alpha value is -4.92. The van der Waals surface area contributed by atoms with Gasteiger partial charge in [0, 0.05) is 29.0 Å². The van der Waals surface area contributed by atoms with Crippen molar-refractivity contribution in [1.29, 1.82) is 5.26 Å². The maximum atomic E-state index is 13.3. The molecule has 2 unspecified atom stereocenters. The molecule has 1 aliphatic rings. The van der Waals surface area contributed by atoms with Crippen molar-refractivity contribution in [3.8, 4) is 6.07 Å². The predicted octanol–water partition coefficient (Wildman–Crippen LogP) is 4.15. The fourth-order valence-electron chi connectivity index (χ4n) is 4.10. The Kier molecular flexibility index (Phi) is 8.42. The maximum Gasteiger partial charge on any atom is 0.336 e. The number of benzene rings is 2. The third-order valence-electron chi connectivity index (χ3n) is 5.73. The molecule has 0 aliphatic carbocycles. The van der Waals surface area contributed by atoms with E-state index < -0.39 is 45.0 Å². The SMILES string of the molecule is CC1=NC(C)=C(C(=O)OCc2ccccc2)C(c2ccc([N+](=O)[O-])cc2[N+](=O)[O-])C1C(=O)OCCC#N. The van der Waals surface area contributed by atoms with Crippen LogP contribution in [0.3, 0.4) is 0 Å². The summed E-state index contributed by atoms with van der Waals surface area (Å²) in [6, 6.07) is 13.6. The van der Waals surface area contributed by atoms with Gasteiger partial charge in [-0.1, -0.05) is 30.3 Å². The lowest BCUT2D eigenvalue weighted by atomic mass is 9.75. The van der Waals surface area contributed by atoms with Crippen molar-refractivity contribution >= 4 is 29.0 Å². The molecule has 0 spiro atoms. The molecule has 2 aromatic rings. The van der Waals surface area contributed by atoms with Gasteiger partial charge in [0.05, 0.1) is 34.0 Å². The van der Waals surface area contributed by atoms with E-state index in [1.807, 2.05) is 6.07 Å². The second-order valence-electron chi connectivity index (χ2n) is 8.10. The normalized spacial score (nSPS) is 16.8. The van der Waals surface area contributed by atoms with Crippen LogP contribution in [0.15, 0.2) is 64.8 Å². The first-order valence-electron chi connectivity index (χ1n) is 11.1. The minimum absolute atomic E-state index is 0.0855. The van der Waals surface area contributed by atoms with Crippen molar-refractivity contribution in [3.05, 3.63) is 91.2 Å². The van der Waals surface area contributed by atoms with Crippen LogP contribution in [0.2, 0.25) is 0 Å². The third-order valence-corrected chi connectivity index (χ3v) is 5.73. The fraction of sp³-hybridized carbons (Fsp3) is 0.280. The first kappa shape index (κ1) is 26.7. The zero-order valence-corrected chi connectivity index (χ0v) is 19.9. The molecular weight excluding hydrogens is 484 g/mol. The van der Waals surface area contributed by atoms with Gasteiger partial charge in [-0.2, -0.15) is 5.26 Å². The number of nitro benzene ring substituents is 2. The number of aliphatic imine (C=N–C) groups is 1. The van der Waals surface area contributed by atoms with Gasteiger partial charge >= 0.3 is 11.9 Å². The number of non-ortho nitro benzene ring substituents is 1. The highest BCUT2D eigenvalue weighted by atomic mass is 16.6. The van der Waals surface area contributed by atoms with Crippen molar-refractivity contribution in [3.63, 3.8) is 0 Å². The number of nitrogens with zero attached hydrogens (tertiary/aromatic N) is 4. The van der Waals surface area contributed by atoms with Gasteiger partial charge in [-0.25, -0.2) is 4.79 Å². The van der Waals surface area contributed by atoms with Crippen molar-refractivity contribution in [1.82, 2.24) is 0 Å². The number of hydrogen-bond donors (Lipinski definition) is 0. The molecule has 3 rings (SSSR count). The first-order valence-corrected chi connectivity index (χ1v) is 11.1. The Bertz CT molecular complexity index is 1340. The summed E-state index contributed by atoms with van der Waals surface area (Å²) in [5.41, 5.74) is -0.316. The van der Waals surface area contributed by atoms with E-state index in [9.17, 15) is 29.8 Å². The topological polar surface area (TPSA) is 175 Å². The minimum atomic E-state index is -1.28. The lowest BCUT2D eigenvalue weighted by Gasteiger charge is -2.31. The second kappa shape index (κ2) is 11.7. The molecular formula is C25H22N4O8. The molecule has 2 atom stereocenters. The molecule has 0 saturated carbocycles. The number of carbonyl (C=O) groups excluding carboxylic acids is 2. The molecule has 0 bridgehead atoms. The van der Waals surface area contributed by atoms with Crippen molar-refractivity contribution in [2.24, 2.45) is 10.9 Å². The Labute approximate surface area is 211 Å². The summed E-state index contributed by atoms with van der Waals surface area (Å²) in [6.45, 7) is 2.68. The second-order valence-corrected chi connectivity index (χ2v) is 8.10. The quantitative estimate of drug-likeness (QED) is 0.209. The van der Waals surface area contributed by atoms with Crippen LogP contribution in [-0.2, 0) is 25.7 Å². The number of ether oxygens (including phenoxy) is 2. The van der Waals surface area contributed by atoms with Gasteiger partial charge in [0.25, 0.3) is 11.4 Å². The van der Waals surface area contributed by atoms with Gasteiger partial charge in [-0.3, -0.25) is 30.0 Å². The summed E-state index contributed by atoms with van der Waals surface area (Å²) in [7, 11) is 0. The van der Waals surface area contributed by atoms with Gasteiger partial charge in [-0.05, 0) is 25.5 Å². The predicted molar refractivity (Wildman–Crippen MR) is 129 cm³/mol. The molecule has 1 aliphatic heterocycles. The number of nitriles is 1. The van der Waals surface area contributed by atoms with E-state index >= 15 is 0 Å². The van der Waals surface area contributed by atoms with Gasteiger partial charge in [0.2, 0.25) is 0 Å². The van der Waals surface area contributed by atoms with Crippen LogP contribution in [0.25, 0.3) is 0 Å². The third kappa shape index (κ3) is 6.02. The highest BCUT2D eigenvalue weighted by Gasteiger charge is 2.45. The smallest absolute Gasteiger partial charge is 0.336 e. The minimum Gasteiger partial charge on any atom is -0.464 e. The van der Waals surface area contributed by atoms with Gasteiger partial charge in [-0.15, -0.1) is 0 Å². The van der Waals surface area contributed by atoms with Crippen LogP contribution in [0, 0.1) is 37.5 Å². The van der Waals surface area contributed by atoms with Crippen LogP contribution in [0.4, 0.5) is 11.4 Å². The molecule has 0 saturated heterocycles. The zero-order valence-electron chi connectivity index (χ0n) is 19.9. The molecule has 190 valence electrons. The standard InChI is InChI=1S/C25H22N4O8/c1-15-21(24(30)36-12-6-11-26)23(19-10-9-18(28(32)33)13-20(19)29(34)35)22(16(2)27-15)25(31)37-14-17-7-4-3-5-8-17/h3-5,7-10,13,21,23H,6,12,14H2,1-2H3. The van der Waals surface area contributed by atoms with Crippen LogP contribution in [-0.4, -0.2) is 34.1 Å². The number of nitro groups is 2. The summed E-state index contributed by atoms with van der Waals surface area (Å²) in [5.74, 6) is -4.27. The molecule has 0 radical (unpaired) electrons. The number of hydrogen-bond acceptors (Lipinski definition) is 10. The van der Waals surface area contributed by atoms with Crippen LogP contribution in [0.5, 0.6) is 0 Å². The molecule has 0 aromatic heterocycles. The highest BCUT2D eigenvalue weighted by Crippen LogP contribution is 2.44. The van der Waals surface area contributed by atoms with Crippen LogP contribution < -0.4 is 0 Å². The molecule has 2 aromatic carbocycles. The van der Waals surface area contributed by atoms with Crippen molar-refractivity contribution < 1.29 is 28.9 Å². The average Bonchev–Trinajstić information content (AvgIpc) is 2.87. The molecule has 37 heavy (non-hydrogen) atoms. The van der Waals surface area contributed by atoms with Crippen molar-refractivity contribution in [2.75, 3.05) is 6.61 Å². The number of rotatable bonds is 9. The summed E-state index contributed by atoms with van der Waals surface area (Å²) in [4.78, 5) is 52.4. The number of esters is 2. The van der Waals surface area contributed by atoms with E-state index in [2.05, 4.69) is 4.99 Å². The summed E-state index contributed by atoms with van der Waals surface area (Å²) in [6.07, 6.45) is -0.0855. The average molecular weight is 506 g/mol. The molecule has 0 fully saturated rings. The monoisotopic (exact) mass is 506 g/mol. The lowest BCUT2D eigenvalue weighted by Crippen LogP contribution is -2.37. The summed E-state index contributed by atoms with van der Waals surface area (Å²) < 4.78 is 10.7. The largest absolute Gasteiger partial charge is 0.464 e. The van der Waals surface area contributed by atoms with Crippen LogP contribution >= 0.6 is 0 Å². The highest BCUT2D eigenvalue weighted by molar-refractivity contribution is 6.07. The lowest BCUT2D eigenvalue weighted by molar-refractivity contribution is -0.394. The summed E-state index contributed by atoms with van der Waals surface area (Å²) >= 11 is 0. The Morgan fingerprint density at radius 2 is 1.76 bits per heavy atom. The van der Waals surface area contributed by atoms with E-state index in [4.69, 9.17) is 14.7 Å². The molecule has 12 heteroatoms. The summed E-state index contributed by atoms with van der Waals surface area (Å²) in [5, 5.41) is 32.0. The number of carbonyl (C=O) groups is 2. The Morgan fingerprint density at radius 3 is 2.38 bits per heavy atom. The first-order chi connectivity index (χ1) is 17.6. The van der Waals surface area contributed by atoms with E-state index in [1.54, 1.807) is 30.3 Å². The fourth-order valence-corrected chi connectivity index (χ4v) is 4.10. The van der Waals surface area contributed by atoms with Gasteiger partial charge < -0.3 is 9.47 Å². The zero-order chi connectivity index (χ0) is 27.1. The van der Waals surface area contributed by atoms with E-state index in [-0.39, 0.29) is 42.2 Å². The number of allylic oxidation sites excluding steroid dienone is 1. The van der Waals surface area contributed by atoms with Crippen molar-refractivity contribution in [2.45, 2.75) is 32.8 Å². The Balaban J connectivity index is 2.13.